The fourth-order valence-electron chi connectivity index (χ4n) is 2.17. The second kappa shape index (κ2) is 10.3. The molecule has 1 N–H and O–H groups in total. The fourth-order valence-corrected chi connectivity index (χ4v) is 3.57. The Bertz CT molecular complexity index is 1010. The number of methoxy groups -OCH3 is 1. The van der Waals surface area contributed by atoms with Crippen molar-refractivity contribution in [3.63, 3.8) is 0 Å². The van der Waals surface area contributed by atoms with Gasteiger partial charge in [-0.05, 0) is 42.5 Å². The third kappa shape index (κ3) is 6.34. The average molecular weight is 457 g/mol. The third-order valence-corrected chi connectivity index (χ3v) is 6.05. The summed E-state index contributed by atoms with van der Waals surface area (Å²) < 4.78 is 40.7. The lowest BCUT2D eigenvalue weighted by Gasteiger charge is -2.14. The van der Waals surface area contributed by atoms with Gasteiger partial charge in [0.25, 0.3) is 5.91 Å². The number of halogens is 1. The highest BCUT2D eigenvalue weighted by molar-refractivity contribution is 7.89. The number of nitrogens with one attached hydrogen (secondary N) is 1. The first kappa shape index (κ1) is 23.5. The maximum Gasteiger partial charge on any atom is 0.344 e. The molecule has 2 rings (SSSR count). The van der Waals surface area contributed by atoms with Crippen LogP contribution in [0.25, 0.3) is 0 Å². The molecule has 0 heterocycles. The summed E-state index contributed by atoms with van der Waals surface area (Å²) in [5.41, 5.74) is 0.190. The Balaban J connectivity index is 1.87. The van der Waals surface area contributed by atoms with Gasteiger partial charge in [0.05, 0.1) is 12.1 Å². The average Bonchev–Trinajstić information content (AvgIpc) is 2.72. The zero-order valence-electron chi connectivity index (χ0n) is 16.5. The van der Waals surface area contributed by atoms with Crippen molar-refractivity contribution in [1.82, 2.24) is 4.31 Å². The molecule has 0 radical (unpaired) electrons. The quantitative estimate of drug-likeness (QED) is 0.575. The summed E-state index contributed by atoms with van der Waals surface area (Å²) in [5, 5.41) is 2.47. The predicted octanol–water partition coefficient (Wildman–Crippen LogP) is 2.16. The molecule has 0 aromatic heterocycles. The first-order chi connectivity index (χ1) is 14.1. The molecule has 0 aliphatic heterocycles. The van der Waals surface area contributed by atoms with E-state index in [0.717, 1.165) is 4.31 Å². The van der Waals surface area contributed by atoms with E-state index in [4.69, 9.17) is 25.8 Å². The van der Waals surface area contributed by atoms with Gasteiger partial charge in [-0.2, -0.15) is 0 Å². The minimum atomic E-state index is -3.79. The number of carbonyl (C=O) groups is 2. The van der Waals surface area contributed by atoms with Crippen molar-refractivity contribution in [2.24, 2.45) is 0 Å². The number of anilines is 1. The maximum absolute atomic E-state index is 12.3. The van der Waals surface area contributed by atoms with Gasteiger partial charge in [0.2, 0.25) is 10.0 Å². The second-order valence-electron chi connectivity index (χ2n) is 6.11. The highest BCUT2D eigenvalue weighted by atomic mass is 35.5. The monoisotopic (exact) mass is 456 g/mol. The van der Waals surface area contributed by atoms with Crippen LogP contribution in [0.5, 0.6) is 11.5 Å². The molecule has 0 saturated heterocycles. The normalized spacial score (nSPS) is 11.1. The second-order valence-corrected chi connectivity index (χ2v) is 8.63. The summed E-state index contributed by atoms with van der Waals surface area (Å²) in [6, 6.07) is 10.6. The van der Waals surface area contributed by atoms with E-state index in [-0.39, 0.29) is 22.2 Å². The highest BCUT2D eigenvalue weighted by Gasteiger charge is 2.21. The Hall–Kier alpha value is -2.82. The summed E-state index contributed by atoms with van der Waals surface area (Å²) in [4.78, 5) is 23.6. The lowest BCUT2D eigenvalue weighted by Crippen LogP contribution is -2.24. The van der Waals surface area contributed by atoms with Gasteiger partial charge in [-0.25, -0.2) is 17.5 Å². The van der Waals surface area contributed by atoms with Gasteiger partial charge in [-0.15, -0.1) is 0 Å². The van der Waals surface area contributed by atoms with E-state index in [9.17, 15) is 18.0 Å². The van der Waals surface area contributed by atoms with E-state index in [1.807, 2.05) is 0 Å². The summed E-state index contributed by atoms with van der Waals surface area (Å²) in [6.07, 6.45) is 0. The van der Waals surface area contributed by atoms with E-state index in [2.05, 4.69) is 5.32 Å². The molecule has 0 bridgehead atoms. The van der Waals surface area contributed by atoms with Gasteiger partial charge >= 0.3 is 5.97 Å². The standard InChI is InChI=1S/C19H21ClN2O7S/c1-22(2)30(25,26)17-10-13(4-9-16(17)20)21-18(23)11-29-19(24)12-28-15-7-5-14(27-3)6-8-15/h4-10H,11-12H2,1-3H3,(H,21,23). The third-order valence-electron chi connectivity index (χ3n) is 3.75. The van der Waals surface area contributed by atoms with Gasteiger partial charge < -0.3 is 19.5 Å². The largest absolute Gasteiger partial charge is 0.497 e. The van der Waals surface area contributed by atoms with Gasteiger partial charge in [-0.3, -0.25) is 4.79 Å². The van der Waals surface area contributed by atoms with Crippen LogP contribution in [0.3, 0.4) is 0 Å². The zero-order chi connectivity index (χ0) is 22.3. The SMILES string of the molecule is COc1ccc(OCC(=O)OCC(=O)Nc2ccc(Cl)c(S(=O)(=O)N(C)C)c2)cc1. The van der Waals surface area contributed by atoms with E-state index >= 15 is 0 Å². The number of esters is 1. The van der Waals surface area contributed by atoms with Crippen LogP contribution in [0.4, 0.5) is 5.69 Å². The maximum atomic E-state index is 12.3. The molecule has 0 unspecified atom stereocenters. The van der Waals surface area contributed by atoms with Crippen LogP contribution in [0.2, 0.25) is 5.02 Å². The van der Waals surface area contributed by atoms with E-state index < -0.39 is 28.5 Å². The summed E-state index contributed by atoms with van der Waals surface area (Å²) >= 11 is 5.96. The van der Waals surface area contributed by atoms with Crippen LogP contribution in [0, 0.1) is 0 Å². The minimum Gasteiger partial charge on any atom is -0.497 e. The van der Waals surface area contributed by atoms with E-state index in [1.165, 1.54) is 39.4 Å². The van der Waals surface area contributed by atoms with Gasteiger partial charge in [0.1, 0.15) is 16.4 Å². The Kier molecular flexibility index (Phi) is 8.04. The molecule has 11 heteroatoms. The number of ether oxygens (including phenoxy) is 3. The molecule has 0 saturated carbocycles. The highest BCUT2D eigenvalue weighted by Crippen LogP contribution is 2.26. The summed E-state index contributed by atoms with van der Waals surface area (Å²) in [5.74, 6) is -0.311. The molecule has 0 spiro atoms. The smallest absolute Gasteiger partial charge is 0.344 e. The van der Waals surface area contributed by atoms with Gasteiger partial charge in [0, 0.05) is 19.8 Å². The van der Waals surface area contributed by atoms with Crippen LogP contribution < -0.4 is 14.8 Å². The lowest BCUT2D eigenvalue weighted by atomic mass is 10.3. The molecule has 1 amide bonds. The Morgan fingerprint density at radius 1 is 1.03 bits per heavy atom. The van der Waals surface area contributed by atoms with Crippen molar-refractivity contribution in [1.29, 1.82) is 0 Å². The number of benzene rings is 2. The number of amides is 1. The number of nitrogens with zero attached hydrogens (tertiary/aromatic N) is 1. The fraction of sp³-hybridized carbons (Fsp3) is 0.263. The number of sulfonamides is 1. The molecule has 2 aromatic rings. The van der Waals surface area contributed by atoms with Crippen LogP contribution in [0.15, 0.2) is 47.4 Å². The molecule has 0 atom stereocenters. The van der Waals surface area contributed by atoms with Crippen LogP contribution in [0.1, 0.15) is 0 Å². The number of hydrogen-bond donors (Lipinski definition) is 1. The predicted molar refractivity (Wildman–Crippen MR) is 110 cm³/mol. The van der Waals surface area contributed by atoms with E-state index in [0.29, 0.717) is 11.5 Å². The zero-order valence-corrected chi connectivity index (χ0v) is 18.1. The van der Waals surface area contributed by atoms with Gasteiger partial charge in [-0.1, -0.05) is 11.6 Å². The minimum absolute atomic E-state index is 0.0174. The summed E-state index contributed by atoms with van der Waals surface area (Å²) in [7, 11) is 0.473. The number of carbonyl (C=O) groups excluding carboxylic acids is 2. The molecule has 2 aromatic carbocycles. The first-order valence-electron chi connectivity index (χ1n) is 8.58. The number of rotatable bonds is 9. The van der Waals surface area contributed by atoms with Crippen LogP contribution in [-0.2, 0) is 24.3 Å². The topological polar surface area (TPSA) is 111 Å². The lowest BCUT2D eigenvalue weighted by molar-refractivity contribution is -0.149. The molecule has 0 fully saturated rings. The summed E-state index contributed by atoms with van der Waals surface area (Å²) in [6.45, 7) is -0.949. The van der Waals surface area contributed by atoms with Crippen molar-refractivity contribution in [2.45, 2.75) is 4.90 Å². The first-order valence-corrected chi connectivity index (χ1v) is 10.4. The molecule has 9 nitrogen and oxygen atoms in total. The van der Waals surface area contributed by atoms with Crippen molar-refractivity contribution in [3.05, 3.63) is 47.5 Å². The number of hydrogen-bond acceptors (Lipinski definition) is 7. The van der Waals surface area contributed by atoms with Crippen molar-refractivity contribution < 1.29 is 32.2 Å². The molecule has 30 heavy (non-hydrogen) atoms. The van der Waals surface area contributed by atoms with Gasteiger partial charge in [0.15, 0.2) is 13.2 Å². The molecular formula is C19H21ClN2O7S. The molecular weight excluding hydrogens is 436 g/mol. The Morgan fingerprint density at radius 2 is 1.67 bits per heavy atom. The van der Waals surface area contributed by atoms with E-state index in [1.54, 1.807) is 24.3 Å². The van der Waals surface area contributed by atoms with Crippen LogP contribution >= 0.6 is 11.6 Å². The molecule has 162 valence electrons. The van der Waals surface area contributed by atoms with Crippen molar-refractivity contribution in [3.8, 4) is 11.5 Å². The van der Waals surface area contributed by atoms with Crippen LogP contribution in [-0.4, -0.2) is 59.0 Å². The molecule has 0 aliphatic carbocycles. The van der Waals surface area contributed by atoms with Crippen molar-refractivity contribution in [2.75, 3.05) is 39.7 Å². The molecule has 0 aliphatic rings. The Morgan fingerprint density at radius 3 is 2.27 bits per heavy atom. The van der Waals surface area contributed by atoms with Crippen molar-refractivity contribution >= 4 is 39.2 Å². The Labute approximate surface area is 179 Å².